The molecule has 0 atom stereocenters. The molecular weight excluding hydrogens is 272 g/mol. The molecule has 2 rings (SSSR count). The fraction of sp³-hybridized carbons (Fsp3) is 0.200. The topological polar surface area (TPSA) is 72.2 Å². The monoisotopic (exact) mass is 290 g/mol. The number of nitrogens with two attached hydrogens (primary N) is 1. The van der Waals surface area contributed by atoms with Crippen molar-refractivity contribution in [2.45, 2.75) is 19.2 Å². The molecule has 0 spiro atoms. The number of nitrogen functional groups attached to an aromatic ring is 1. The Kier molecular flexibility index (Phi) is 4.42. The fourth-order valence-corrected chi connectivity index (χ4v) is 2.90. The zero-order valence-electron chi connectivity index (χ0n) is 11.3. The van der Waals surface area contributed by atoms with Crippen LogP contribution in [0.1, 0.15) is 16.7 Å². The van der Waals surface area contributed by atoms with Crippen molar-refractivity contribution in [3.05, 3.63) is 65.2 Å². The van der Waals surface area contributed by atoms with Crippen molar-refractivity contribution in [2.24, 2.45) is 0 Å². The molecule has 3 N–H and O–H groups in total. The van der Waals surface area contributed by atoms with Crippen LogP contribution in [0.3, 0.4) is 0 Å². The van der Waals surface area contributed by atoms with Crippen molar-refractivity contribution in [2.75, 3.05) is 5.73 Å². The molecule has 0 saturated heterocycles. The highest BCUT2D eigenvalue weighted by Crippen LogP contribution is 2.09. The van der Waals surface area contributed by atoms with E-state index in [0.717, 1.165) is 16.7 Å². The number of sulfonamides is 1. The third-order valence-corrected chi connectivity index (χ3v) is 4.25. The van der Waals surface area contributed by atoms with Crippen molar-refractivity contribution >= 4 is 15.7 Å². The second-order valence-corrected chi connectivity index (χ2v) is 6.61. The highest BCUT2D eigenvalue weighted by Gasteiger charge is 2.11. The van der Waals surface area contributed by atoms with Gasteiger partial charge in [-0.05, 0) is 30.2 Å². The van der Waals surface area contributed by atoms with E-state index in [1.165, 1.54) is 0 Å². The quantitative estimate of drug-likeness (QED) is 0.829. The van der Waals surface area contributed by atoms with Crippen molar-refractivity contribution in [3.8, 4) is 0 Å². The van der Waals surface area contributed by atoms with Gasteiger partial charge in [-0.25, -0.2) is 13.1 Å². The fourth-order valence-electron chi connectivity index (χ4n) is 1.78. The second-order valence-electron chi connectivity index (χ2n) is 4.81. The Balaban J connectivity index is 1.97. The molecule has 0 aliphatic rings. The lowest BCUT2D eigenvalue weighted by atomic mass is 10.2. The van der Waals surface area contributed by atoms with Crippen LogP contribution < -0.4 is 10.5 Å². The summed E-state index contributed by atoms with van der Waals surface area (Å²) in [5.74, 6) is -0.0425. The van der Waals surface area contributed by atoms with Gasteiger partial charge >= 0.3 is 0 Å². The Labute approximate surface area is 119 Å². The summed E-state index contributed by atoms with van der Waals surface area (Å²) in [4.78, 5) is 0. The summed E-state index contributed by atoms with van der Waals surface area (Å²) in [5, 5.41) is 0. The Morgan fingerprint density at radius 1 is 0.950 bits per heavy atom. The molecule has 20 heavy (non-hydrogen) atoms. The molecule has 0 fully saturated rings. The summed E-state index contributed by atoms with van der Waals surface area (Å²) >= 11 is 0. The van der Waals surface area contributed by atoms with E-state index in [-0.39, 0.29) is 5.75 Å². The SMILES string of the molecule is Cc1ccc(CNS(=O)(=O)Cc2ccc(N)cc2)cc1. The lowest BCUT2D eigenvalue weighted by Gasteiger charge is -2.07. The molecule has 0 heterocycles. The van der Waals surface area contributed by atoms with Gasteiger partial charge in [0.2, 0.25) is 10.0 Å². The van der Waals surface area contributed by atoms with Crippen LogP contribution in [0.15, 0.2) is 48.5 Å². The Morgan fingerprint density at radius 3 is 2.10 bits per heavy atom. The van der Waals surface area contributed by atoms with E-state index < -0.39 is 10.0 Å². The van der Waals surface area contributed by atoms with Gasteiger partial charge in [0, 0.05) is 12.2 Å². The summed E-state index contributed by atoms with van der Waals surface area (Å²) in [5.41, 5.74) is 9.01. The average molecular weight is 290 g/mol. The van der Waals surface area contributed by atoms with Gasteiger partial charge in [0.25, 0.3) is 0 Å². The molecular formula is C15H18N2O2S. The van der Waals surface area contributed by atoms with Gasteiger partial charge in [-0.1, -0.05) is 42.0 Å². The summed E-state index contributed by atoms with van der Waals surface area (Å²) in [6, 6.07) is 14.6. The van der Waals surface area contributed by atoms with Crippen molar-refractivity contribution < 1.29 is 8.42 Å². The molecule has 5 heteroatoms. The largest absolute Gasteiger partial charge is 0.399 e. The van der Waals surface area contributed by atoms with Crippen molar-refractivity contribution in [1.29, 1.82) is 0 Å². The third-order valence-electron chi connectivity index (χ3n) is 2.95. The van der Waals surface area contributed by atoms with E-state index >= 15 is 0 Å². The molecule has 106 valence electrons. The Hall–Kier alpha value is -1.85. The molecule has 0 saturated carbocycles. The number of benzene rings is 2. The molecule has 2 aromatic rings. The molecule has 0 bridgehead atoms. The van der Waals surface area contributed by atoms with Crippen LogP contribution in [0.2, 0.25) is 0 Å². The van der Waals surface area contributed by atoms with Crippen molar-refractivity contribution in [1.82, 2.24) is 4.72 Å². The van der Waals surface area contributed by atoms with Gasteiger partial charge in [0.15, 0.2) is 0 Å². The maximum Gasteiger partial charge on any atom is 0.216 e. The van der Waals surface area contributed by atoms with E-state index in [2.05, 4.69) is 4.72 Å². The van der Waals surface area contributed by atoms with E-state index in [0.29, 0.717) is 12.2 Å². The van der Waals surface area contributed by atoms with Gasteiger partial charge in [-0.3, -0.25) is 0 Å². The summed E-state index contributed by atoms with van der Waals surface area (Å²) in [7, 11) is -3.35. The van der Waals surface area contributed by atoms with E-state index in [1.807, 2.05) is 31.2 Å². The molecule has 0 radical (unpaired) electrons. The van der Waals surface area contributed by atoms with E-state index in [4.69, 9.17) is 5.73 Å². The smallest absolute Gasteiger partial charge is 0.216 e. The van der Waals surface area contributed by atoms with E-state index in [1.54, 1.807) is 24.3 Å². The van der Waals surface area contributed by atoms with Gasteiger partial charge in [-0.15, -0.1) is 0 Å². The summed E-state index contributed by atoms with van der Waals surface area (Å²) in [6.07, 6.45) is 0. The predicted octanol–water partition coefficient (Wildman–Crippen LogP) is 2.20. The normalized spacial score (nSPS) is 11.4. The summed E-state index contributed by atoms with van der Waals surface area (Å²) in [6.45, 7) is 2.30. The Bertz CT molecular complexity index is 662. The number of hydrogen-bond acceptors (Lipinski definition) is 3. The predicted molar refractivity (Wildman–Crippen MR) is 81.5 cm³/mol. The van der Waals surface area contributed by atoms with E-state index in [9.17, 15) is 8.42 Å². The van der Waals surface area contributed by atoms with Crippen LogP contribution in [0.5, 0.6) is 0 Å². The van der Waals surface area contributed by atoms with Crippen LogP contribution in [0.25, 0.3) is 0 Å². The first-order chi connectivity index (χ1) is 9.44. The van der Waals surface area contributed by atoms with Crippen LogP contribution in [0.4, 0.5) is 5.69 Å². The zero-order valence-corrected chi connectivity index (χ0v) is 12.2. The Morgan fingerprint density at radius 2 is 1.50 bits per heavy atom. The number of hydrogen-bond donors (Lipinski definition) is 2. The summed E-state index contributed by atoms with van der Waals surface area (Å²) < 4.78 is 26.6. The second kappa shape index (κ2) is 6.07. The molecule has 0 unspecified atom stereocenters. The molecule has 0 aliphatic heterocycles. The van der Waals surface area contributed by atoms with Gasteiger partial charge in [-0.2, -0.15) is 0 Å². The van der Waals surface area contributed by atoms with Crippen LogP contribution in [-0.4, -0.2) is 8.42 Å². The third kappa shape index (κ3) is 4.36. The number of aryl methyl sites for hydroxylation is 1. The van der Waals surface area contributed by atoms with Crippen molar-refractivity contribution in [3.63, 3.8) is 0 Å². The van der Waals surface area contributed by atoms with Crippen LogP contribution in [0, 0.1) is 6.92 Å². The first-order valence-corrected chi connectivity index (χ1v) is 7.97. The van der Waals surface area contributed by atoms with Gasteiger partial charge in [0.1, 0.15) is 0 Å². The first-order valence-electron chi connectivity index (χ1n) is 6.32. The average Bonchev–Trinajstić information content (AvgIpc) is 2.41. The first kappa shape index (κ1) is 14.6. The van der Waals surface area contributed by atoms with Crippen LogP contribution >= 0.6 is 0 Å². The lowest BCUT2D eigenvalue weighted by molar-refractivity contribution is 0.580. The minimum Gasteiger partial charge on any atom is -0.399 e. The minimum atomic E-state index is -3.35. The molecule has 2 aromatic carbocycles. The van der Waals surface area contributed by atoms with Crippen LogP contribution in [-0.2, 0) is 22.3 Å². The number of anilines is 1. The molecule has 4 nitrogen and oxygen atoms in total. The zero-order chi connectivity index (χ0) is 14.6. The minimum absolute atomic E-state index is 0.0425. The standard InChI is InChI=1S/C15H18N2O2S/c1-12-2-4-13(5-3-12)10-17-20(18,19)11-14-6-8-15(16)9-7-14/h2-9,17H,10-11,16H2,1H3. The lowest BCUT2D eigenvalue weighted by Crippen LogP contribution is -2.24. The number of nitrogens with one attached hydrogen (secondary N) is 1. The highest BCUT2D eigenvalue weighted by molar-refractivity contribution is 7.88. The number of rotatable bonds is 5. The maximum atomic E-state index is 12.0. The highest BCUT2D eigenvalue weighted by atomic mass is 32.2. The van der Waals surface area contributed by atoms with Gasteiger partial charge < -0.3 is 5.73 Å². The molecule has 0 aliphatic carbocycles. The molecule has 0 aromatic heterocycles. The maximum absolute atomic E-state index is 12.0. The van der Waals surface area contributed by atoms with Gasteiger partial charge in [0.05, 0.1) is 5.75 Å². The molecule has 0 amide bonds.